The van der Waals surface area contributed by atoms with Crippen LogP contribution >= 0.6 is 11.8 Å². The third-order valence-corrected chi connectivity index (χ3v) is 2.97. The Bertz CT molecular complexity index is 353. The molecule has 0 aromatic heterocycles. The van der Waals surface area contributed by atoms with Crippen molar-refractivity contribution in [1.29, 1.82) is 0 Å². The fraction of sp³-hybridized carbons (Fsp3) is 0.417. The summed E-state index contributed by atoms with van der Waals surface area (Å²) in [6, 6.07) is 7.68. The molecular formula is C12H19N3OS. The van der Waals surface area contributed by atoms with Crippen LogP contribution in [0.4, 0.5) is 5.69 Å². The smallest absolute Gasteiger partial charge is 0.231 e. The first-order valence-corrected chi connectivity index (χ1v) is 6.85. The van der Waals surface area contributed by atoms with Gasteiger partial charge in [-0.15, -0.1) is 0 Å². The highest BCUT2D eigenvalue weighted by molar-refractivity contribution is 7.98. The molecular weight excluding hydrogens is 234 g/mol. The van der Waals surface area contributed by atoms with E-state index in [2.05, 4.69) is 0 Å². The molecule has 0 bridgehead atoms. The van der Waals surface area contributed by atoms with Crippen molar-refractivity contribution < 1.29 is 4.79 Å². The topological polar surface area (TPSA) is 72.3 Å². The molecule has 0 fully saturated rings. The van der Waals surface area contributed by atoms with Crippen LogP contribution in [0, 0.1) is 0 Å². The number of hydrogen-bond acceptors (Lipinski definition) is 4. The average Bonchev–Trinajstić information content (AvgIpc) is 2.28. The fourth-order valence-corrected chi connectivity index (χ4v) is 1.98. The molecule has 1 aromatic rings. The minimum Gasteiger partial charge on any atom is -0.399 e. The van der Waals surface area contributed by atoms with Crippen molar-refractivity contribution in [3.63, 3.8) is 0 Å². The van der Waals surface area contributed by atoms with Crippen molar-refractivity contribution >= 4 is 23.4 Å². The lowest BCUT2D eigenvalue weighted by Crippen LogP contribution is -2.34. The molecule has 0 aliphatic rings. The van der Waals surface area contributed by atoms with Crippen LogP contribution in [0.3, 0.4) is 0 Å². The predicted octanol–water partition coefficient (Wildman–Crippen LogP) is 0.919. The summed E-state index contributed by atoms with van der Waals surface area (Å²) in [5, 5.41) is 0. The van der Waals surface area contributed by atoms with Gasteiger partial charge in [-0.3, -0.25) is 9.69 Å². The van der Waals surface area contributed by atoms with Crippen LogP contribution in [0.1, 0.15) is 5.56 Å². The molecule has 17 heavy (non-hydrogen) atoms. The van der Waals surface area contributed by atoms with Crippen molar-refractivity contribution in [1.82, 2.24) is 4.90 Å². The Morgan fingerprint density at radius 3 is 2.53 bits per heavy atom. The molecule has 4 nitrogen and oxygen atoms in total. The molecule has 0 saturated heterocycles. The van der Waals surface area contributed by atoms with Gasteiger partial charge in [-0.1, -0.05) is 12.1 Å². The SMILES string of the molecule is CSCCN(CC(N)=O)Cc1ccc(N)cc1. The molecule has 94 valence electrons. The van der Waals surface area contributed by atoms with E-state index < -0.39 is 0 Å². The van der Waals surface area contributed by atoms with E-state index in [1.807, 2.05) is 35.4 Å². The number of benzene rings is 1. The second kappa shape index (κ2) is 7.19. The van der Waals surface area contributed by atoms with Crippen molar-refractivity contribution in [3.05, 3.63) is 29.8 Å². The number of carbonyl (C=O) groups excluding carboxylic acids is 1. The van der Waals surface area contributed by atoms with Crippen LogP contribution in [-0.4, -0.2) is 35.9 Å². The quantitative estimate of drug-likeness (QED) is 0.709. The van der Waals surface area contributed by atoms with Gasteiger partial charge in [-0.25, -0.2) is 0 Å². The summed E-state index contributed by atoms with van der Waals surface area (Å²) in [4.78, 5) is 13.0. The van der Waals surface area contributed by atoms with Crippen LogP contribution in [0.5, 0.6) is 0 Å². The van der Waals surface area contributed by atoms with E-state index >= 15 is 0 Å². The summed E-state index contributed by atoms with van der Waals surface area (Å²) in [6.45, 7) is 1.88. The Morgan fingerprint density at radius 2 is 2.00 bits per heavy atom. The minimum atomic E-state index is -0.290. The van der Waals surface area contributed by atoms with Gasteiger partial charge in [0.05, 0.1) is 6.54 Å². The summed E-state index contributed by atoms with van der Waals surface area (Å²) in [7, 11) is 0. The number of carbonyl (C=O) groups is 1. The number of nitrogen functional groups attached to an aromatic ring is 1. The molecule has 1 aromatic carbocycles. The van der Waals surface area contributed by atoms with Gasteiger partial charge < -0.3 is 11.5 Å². The number of hydrogen-bond donors (Lipinski definition) is 2. The van der Waals surface area contributed by atoms with Crippen LogP contribution in [-0.2, 0) is 11.3 Å². The van der Waals surface area contributed by atoms with Gasteiger partial charge in [0.1, 0.15) is 0 Å². The molecule has 4 N–H and O–H groups in total. The Morgan fingerprint density at radius 1 is 1.35 bits per heavy atom. The fourth-order valence-electron chi connectivity index (χ4n) is 1.54. The monoisotopic (exact) mass is 253 g/mol. The molecule has 0 saturated carbocycles. The number of thioether (sulfide) groups is 1. The Kier molecular flexibility index (Phi) is 5.86. The van der Waals surface area contributed by atoms with Gasteiger partial charge in [0.2, 0.25) is 5.91 Å². The van der Waals surface area contributed by atoms with Crippen molar-refractivity contribution in [2.45, 2.75) is 6.54 Å². The lowest BCUT2D eigenvalue weighted by atomic mass is 10.2. The summed E-state index contributed by atoms with van der Waals surface area (Å²) in [5.74, 6) is 0.698. The lowest BCUT2D eigenvalue weighted by Gasteiger charge is -2.20. The van der Waals surface area contributed by atoms with E-state index in [9.17, 15) is 4.79 Å². The van der Waals surface area contributed by atoms with E-state index in [0.717, 1.165) is 30.1 Å². The molecule has 0 heterocycles. The highest BCUT2D eigenvalue weighted by atomic mass is 32.2. The number of nitrogens with zero attached hydrogens (tertiary/aromatic N) is 1. The van der Waals surface area contributed by atoms with Crippen LogP contribution in [0.25, 0.3) is 0 Å². The van der Waals surface area contributed by atoms with Crippen molar-refractivity contribution in [2.75, 3.05) is 30.8 Å². The van der Waals surface area contributed by atoms with Gasteiger partial charge >= 0.3 is 0 Å². The minimum absolute atomic E-state index is 0.290. The zero-order chi connectivity index (χ0) is 12.7. The molecule has 0 radical (unpaired) electrons. The zero-order valence-electron chi connectivity index (χ0n) is 10.1. The molecule has 0 aliphatic heterocycles. The molecule has 0 atom stereocenters. The van der Waals surface area contributed by atoms with Gasteiger partial charge in [-0.2, -0.15) is 11.8 Å². The maximum absolute atomic E-state index is 11.0. The van der Waals surface area contributed by atoms with Crippen molar-refractivity contribution in [3.8, 4) is 0 Å². The maximum Gasteiger partial charge on any atom is 0.231 e. The number of nitrogens with two attached hydrogens (primary N) is 2. The second-order valence-electron chi connectivity index (χ2n) is 3.91. The first kappa shape index (κ1) is 13.9. The van der Waals surface area contributed by atoms with E-state index in [1.165, 1.54) is 0 Å². The molecule has 0 spiro atoms. The van der Waals surface area contributed by atoms with Gasteiger partial charge in [0.25, 0.3) is 0 Å². The maximum atomic E-state index is 11.0. The van der Waals surface area contributed by atoms with Gasteiger partial charge in [0, 0.05) is 24.5 Å². The number of amides is 1. The first-order chi connectivity index (χ1) is 8.11. The predicted molar refractivity (Wildman–Crippen MR) is 73.7 cm³/mol. The van der Waals surface area contributed by atoms with Crippen LogP contribution in [0.15, 0.2) is 24.3 Å². The Hall–Kier alpha value is -1.20. The standard InChI is InChI=1S/C12H19N3OS/c1-17-7-6-15(9-12(14)16)8-10-2-4-11(13)5-3-10/h2-5H,6-9,13H2,1H3,(H2,14,16). The molecule has 0 unspecified atom stereocenters. The average molecular weight is 253 g/mol. The Labute approximate surface area is 106 Å². The zero-order valence-corrected chi connectivity index (χ0v) is 10.9. The largest absolute Gasteiger partial charge is 0.399 e. The number of rotatable bonds is 7. The van der Waals surface area contributed by atoms with E-state index in [1.54, 1.807) is 11.8 Å². The summed E-state index contributed by atoms with van der Waals surface area (Å²) in [5.41, 5.74) is 12.8. The van der Waals surface area contributed by atoms with E-state index in [4.69, 9.17) is 11.5 Å². The van der Waals surface area contributed by atoms with Gasteiger partial charge in [-0.05, 0) is 24.0 Å². The third kappa shape index (κ3) is 5.60. The lowest BCUT2D eigenvalue weighted by molar-refractivity contribution is -0.119. The van der Waals surface area contributed by atoms with Crippen LogP contribution < -0.4 is 11.5 Å². The van der Waals surface area contributed by atoms with E-state index in [-0.39, 0.29) is 5.91 Å². The second-order valence-corrected chi connectivity index (χ2v) is 4.90. The van der Waals surface area contributed by atoms with E-state index in [0.29, 0.717) is 6.54 Å². The summed E-state index contributed by atoms with van der Waals surface area (Å²) < 4.78 is 0. The normalized spacial score (nSPS) is 10.7. The highest BCUT2D eigenvalue weighted by Gasteiger charge is 2.08. The first-order valence-electron chi connectivity index (χ1n) is 5.46. The third-order valence-electron chi connectivity index (χ3n) is 2.38. The van der Waals surface area contributed by atoms with Crippen molar-refractivity contribution in [2.24, 2.45) is 5.73 Å². The Balaban J connectivity index is 2.57. The molecule has 0 aliphatic carbocycles. The van der Waals surface area contributed by atoms with Gasteiger partial charge in [0.15, 0.2) is 0 Å². The molecule has 1 rings (SSSR count). The molecule has 1 amide bonds. The summed E-state index contributed by atoms with van der Waals surface area (Å²) in [6.07, 6.45) is 2.05. The number of anilines is 1. The highest BCUT2D eigenvalue weighted by Crippen LogP contribution is 2.09. The number of primary amides is 1. The van der Waals surface area contributed by atoms with Crippen LogP contribution in [0.2, 0.25) is 0 Å². The molecule has 5 heteroatoms. The summed E-state index contributed by atoms with van der Waals surface area (Å²) >= 11 is 1.76.